The van der Waals surface area contributed by atoms with Gasteiger partial charge in [0.05, 0.1) is 19.5 Å². The molecule has 1 saturated heterocycles. The Bertz CT molecular complexity index is 848. The van der Waals surface area contributed by atoms with Gasteiger partial charge in [-0.2, -0.15) is 0 Å². The summed E-state index contributed by atoms with van der Waals surface area (Å²) in [5.74, 6) is -0.728. The zero-order valence-electron chi connectivity index (χ0n) is 14.2. The van der Waals surface area contributed by atoms with Crippen LogP contribution in [0.15, 0.2) is 42.6 Å². The van der Waals surface area contributed by atoms with E-state index >= 15 is 0 Å². The van der Waals surface area contributed by atoms with E-state index in [0.29, 0.717) is 17.1 Å². The maximum Gasteiger partial charge on any atom is 0.325 e. The normalized spacial score (nSPS) is 16.7. The highest BCUT2D eigenvalue weighted by Crippen LogP contribution is 2.20. The first kappa shape index (κ1) is 18.0. The van der Waals surface area contributed by atoms with Crippen LogP contribution in [0.5, 0.6) is 0 Å². The lowest BCUT2D eigenvalue weighted by atomic mass is 10.1. The number of carbonyl (C=O) groups excluding carboxylic acids is 3. The minimum Gasteiger partial charge on any atom is -0.353 e. The van der Waals surface area contributed by atoms with Crippen molar-refractivity contribution in [3.63, 3.8) is 0 Å². The zero-order chi connectivity index (χ0) is 18.7. The third-order valence-corrected chi connectivity index (χ3v) is 4.67. The highest BCUT2D eigenvalue weighted by Gasteiger charge is 2.39. The van der Waals surface area contributed by atoms with Gasteiger partial charge in [0.15, 0.2) is 0 Å². The van der Waals surface area contributed by atoms with Crippen LogP contribution in [0.25, 0.3) is 0 Å². The van der Waals surface area contributed by atoms with Gasteiger partial charge in [-0.05, 0) is 23.8 Å². The van der Waals surface area contributed by atoms with Crippen LogP contribution in [0.1, 0.15) is 17.7 Å². The van der Waals surface area contributed by atoms with Crippen LogP contribution >= 0.6 is 11.6 Å². The van der Waals surface area contributed by atoms with Crippen molar-refractivity contribution in [1.82, 2.24) is 20.1 Å². The predicted molar refractivity (Wildman–Crippen MR) is 96.2 cm³/mol. The predicted octanol–water partition coefficient (Wildman–Crippen LogP) is 1.81. The third-order valence-electron chi connectivity index (χ3n) is 4.30. The van der Waals surface area contributed by atoms with Crippen LogP contribution in [0.4, 0.5) is 4.79 Å². The topological polar surface area (TPSA) is 83.4 Å². The number of nitrogens with one attached hydrogen (secondary N) is 2. The van der Waals surface area contributed by atoms with Gasteiger partial charge in [-0.3, -0.25) is 14.5 Å². The van der Waals surface area contributed by atoms with Crippen molar-refractivity contribution in [1.29, 1.82) is 0 Å². The molecule has 136 valence electrons. The second-order valence-electron chi connectivity index (χ2n) is 6.11. The van der Waals surface area contributed by atoms with Crippen LogP contribution in [0.2, 0.25) is 5.02 Å². The summed E-state index contributed by atoms with van der Waals surface area (Å²) in [6.07, 6.45) is 1.78. The SMILES string of the molecule is Cn1cccc1CNC(=O)C[C@@H]1NC(=O)N(Cc2ccccc2Cl)C1=O. The van der Waals surface area contributed by atoms with Crippen molar-refractivity contribution in [2.24, 2.45) is 7.05 Å². The average molecular weight is 375 g/mol. The standard InChI is InChI=1S/C18H19ClN4O3/c1-22-8-4-6-13(22)10-20-16(24)9-15-17(25)23(18(26)21-15)11-12-5-2-3-7-14(12)19/h2-8,15H,9-11H2,1H3,(H,20,24)(H,21,26)/t15-/m0/s1. The molecule has 0 radical (unpaired) electrons. The molecule has 1 fully saturated rings. The van der Waals surface area contributed by atoms with Crippen molar-refractivity contribution in [2.75, 3.05) is 0 Å². The Morgan fingerprint density at radius 3 is 2.69 bits per heavy atom. The molecule has 0 bridgehead atoms. The highest BCUT2D eigenvalue weighted by atomic mass is 35.5. The molecular formula is C18H19ClN4O3. The van der Waals surface area contributed by atoms with Gasteiger partial charge in [0.1, 0.15) is 6.04 Å². The number of aryl methyl sites for hydroxylation is 1. The molecule has 0 unspecified atom stereocenters. The molecule has 7 nitrogen and oxygen atoms in total. The van der Waals surface area contributed by atoms with Crippen molar-refractivity contribution >= 4 is 29.4 Å². The van der Waals surface area contributed by atoms with Gasteiger partial charge in [0.2, 0.25) is 5.91 Å². The Kier molecular flexibility index (Phi) is 5.27. The van der Waals surface area contributed by atoms with E-state index in [2.05, 4.69) is 10.6 Å². The lowest BCUT2D eigenvalue weighted by Crippen LogP contribution is -2.36. The fourth-order valence-corrected chi connectivity index (χ4v) is 2.98. The van der Waals surface area contributed by atoms with Crippen molar-refractivity contribution in [2.45, 2.75) is 25.6 Å². The Labute approximate surface area is 155 Å². The minimum absolute atomic E-state index is 0.0752. The zero-order valence-corrected chi connectivity index (χ0v) is 15.0. The first-order valence-electron chi connectivity index (χ1n) is 8.18. The summed E-state index contributed by atoms with van der Waals surface area (Å²) in [6, 6.07) is 9.41. The van der Waals surface area contributed by atoms with Gasteiger partial charge < -0.3 is 15.2 Å². The number of aromatic nitrogens is 1. The molecule has 3 rings (SSSR count). The maximum absolute atomic E-state index is 12.5. The van der Waals surface area contributed by atoms with Gasteiger partial charge in [0, 0.05) is 24.0 Å². The number of amides is 4. The van der Waals surface area contributed by atoms with E-state index in [1.807, 2.05) is 29.9 Å². The molecule has 1 atom stereocenters. The van der Waals surface area contributed by atoms with Crippen LogP contribution in [0.3, 0.4) is 0 Å². The second-order valence-corrected chi connectivity index (χ2v) is 6.52. The molecule has 1 aliphatic heterocycles. The van der Waals surface area contributed by atoms with Gasteiger partial charge >= 0.3 is 6.03 Å². The summed E-state index contributed by atoms with van der Waals surface area (Å²) in [7, 11) is 1.88. The molecule has 0 spiro atoms. The molecule has 26 heavy (non-hydrogen) atoms. The second kappa shape index (κ2) is 7.61. The van der Waals surface area contributed by atoms with Crippen molar-refractivity contribution in [3.8, 4) is 0 Å². The summed E-state index contributed by atoms with van der Waals surface area (Å²) in [6.45, 7) is 0.437. The van der Waals surface area contributed by atoms with Crippen molar-refractivity contribution in [3.05, 3.63) is 58.9 Å². The van der Waals surface area contributed by atoms with E-state index in [1.54, 1.807) is 24.3 Å². The lowest BCUT2D eigenvalue weighted by molar-refractivity contribution is -0.131. The van der Waals surface area contributed by atoms with E-state index < -0.39 is 18.0 Å². The van der Waals surface area contributed by atoms with Gasteiger partial charge in [-0.25, -0.2) is 4.79 Å². The van der Waals surface area contributed by atoms with Gasteiger partial charge in [-0.1, -0.05) is 29.8 Å². The largest absolute Gasteiger partial charge is 0.353 e. The molecule has 2 heterocycles. The molecule has 0 aliphatic carbocycles. The number of hydrogen-bond donors (Lipinski definition) is 2. The number of rotatable bonds is 6. The number of benzene rings is 1. The average Bonchev–Trinajstić information content (AvgIpc) is 3.13. The number of hydrogen-bond acceptors (Lipinski definition) is 3. The number of urea groups is 1. The Morgan fingerprint density at radius 1 is 1.23 bits per heavy atom. The van der Waals surface area contributed by atoms with E-state index in [0.717, 1.165) is 10.6 Å². The van der Waals surface area contributed by atoms with Crippen LogP contribution < -0.4 is 10.6 Å². The smallest absolute Gasteiger partial charge is 0.325 e. The minimum atomic E-state index is -0.863. The van der Waals surface area contributed by atoms with Crippen molar-refractivity contribution < 1.29 is 14.4 Å². The van der Waals surface area contributed by atoms with E-state index in [9.17, 15) is 14.4 Å². The Morgan fingerprint density at radius 2 is 2.00 bits per heavy atom. The van der Waals surface area contributed by atoms with Crippen LogP contribution in [-0.4, -0.2) is 33.4 Å². The van der Waals surface area contributed by atoms with E-state index in [1.165, 1.54) is 0 Å². The first-order chi connectivity index (χ1) is 12.5. The van der Waals surface area contributed by atoms with Crippen LogP contribution in [-0.2, 0) is 29.7 Å². The number of carbonyl (C=O) groups is 3. The summed E-state index contributed by atoms with van der Waals surface area (Å²) in [5.41, 5.74) is 1.62. The lowest BCUT2D eigenvalue weighted by Gasteiger charge is -2.14. The molecular weight excluding hydrogens is 356 g/mol. The highest BCUT2D eigenvalue weighted by molar-refractivity contribution is 6.31. The van der Waals surface area contributed by atoms with Gasteiger partial charge in [0.25, 0.3) is 5.91 Å². The van der Waals surface area contributed by atoms with E-state index in [-0.39, 0.29) is 18.9 Å². The summed E-state index contributed by atoms with van der Waals surface area (Å²) >= 11 is 6.09. The summed E-state index contributed by atoms with van der Waals surface area (Å²) in [5, 5.41) is 5.80. The number of imide groups is 1. The van der Waals surface area contributed by atoms with Gasteiger partial charge in [-0.15, -0.1) is 0 Å². The number of halogens is 1. The molecule has 4 amide bonds. The monoisotopic (exact) mass is 374 g/mol. The Hall–Kier alpha value is -2.80. The third kappa shape index (κ3) is 3.88. The molecule has 2 N–H and O–H groups in total. The molecule has 1 aromatic carbocycles. The molecule has 1 aromatic heterocycles. The number of nitrogens with zero attached hydrogens (tertiary/aromatic N) is 2. The quantitative estimate of drug-likeness (QED) is 0.756. The fraction of sp³-hybridized carbons (Fsp3) is 0.278. The molecule has 0 saturated carbocycles. The van der Waals surface area contributed by atoms with E-state index in [4.69, 9.17) is 11.6 Å². The maximum atomic E-state index is 12.5. The summed E-state index contributed by atoms with van der Waals surface area (Å²) in [4.78, 5) is 37.8. The summed E-state index contributed by atoms with van der Waals surface area (Å²) < 4.78 is 1.90. The van der Waals surface area contributed by atoms with Crippen LogP contribution in [0, 0.1) is 0 Å². The molecule has 8 heteroatoms. The molecule has 2 aromatic rings. The Balaban J connectivity index is 1.57. The first-order valence-corrected chi connectivity index (χ1v) is 8.55. The fourth-order valence-electron chi connectivity index (χ4n) is 2.79. The molecule has 1 aliphatic rings.